The number of rotatable bonds is 0. The average molecular weight is 443 g/mol. The van der Waals surface area contributed by atoms with Crippen molar-refractivity contribution < 1.29 is 14.3 Å². The molecule has 0 N–H and O–H groups in total. The van der Waals surface area contributed by atoms with Gasteiger partial charge in [-0.2, -0.15) is 0 Å². The Hall–Kier alpha value is -2.81. The van der Waals surface area contributed by atoms with Crippen LogP contribution >= 0.6 is 0 Å². The summed E-state index contributed by atoms with van der Waals surface area (Å²) in [7, 11) is 0. The van der Waals surface area contributed by atoms with Crippen LogP contribution in [0.2, 0.25) is 0 Å². The highest BCUT2D eigenvalue weighted by molar-refractivity contribution is 6.16. The number of hydrogen-bond donors (Lipinski definition) is 0. The third-order valence-electron chi connectivity index (χ3n) is 7.30. The molecule has 0 amide bonds. The van der Waals surface area contributed by atoms with Gasteiger partial charge in [-0.25, -0.2) is 0 Å². The molecule has 1 saturated carbocycles. The summed E-state index contributed by atoms with van der Waals surface area (Å²) in [5.41, 5.74) is 5.49. The molecule has 3 nitrogen and oxygen atoms in total. The average Bonchev–Trinajstić information content (AvgIpc) is 2.73. The van der Waals surface area contributed by atoms with Gasteiger partial charge in [-0.1, -0.05) is 67.5 Å². The van der Waals surface area contributed by atoms with Gasteiger partial charge in [-0.05, 0) is 58.4 Å². The van der Waals surface area contributed by atoms with E-state index in [1.165, 1.54) is 11.1 Å². The van der Waals surface area contributed by atoms with Crippen molar-refractivity contribution in [2.24, 2.45) is 5.41 Å². The predicted molar refractivity (Wildman–Crippen MR) is 134 cm³/mol. The van der Waals surface area contributed by atoms with Gasteiger partial charge in [0.2, 0.25) is 0 Å². The van der Waals surface area contributed by atoms with Crippen molar-refractivity contribution in [3.8, 4) is 11.5 Å². The molecule has 0 unspecified atom stereocenters. The van der Waals surface area contributed by atoms with Crippen LogP contribution < -0.4 is 9.47 Å². The first-order chi connectivity index (χ1) is 15.3. The van der Waals surface area contributed by atoms with Gasteiger partial charge < -0.3 is 9.47 Å². The van der Waals surface area contributed by atoms with Crippen LogP contribution in [0.1, 0.15) is 77.6 Å². The Morgan fingerprint density at radius 3 is 1.45 bits per heavy atom. The highest BCUT2D eigenvalue weighted by Gasteiger charge is 2.54. The summed E-state index contributed by atoms with van der Waals surface area (Å²) < 4.78 is 13.0. The Morgan fingerprint density at radius 1 is 0.697 bits per heavy atom. The third-order valence-corrected chi connectivity index (χ3v) is 7.30. The first-order valence-electron chi connectivity index (χ1n) is 11.9. The lowest BCUT2D eigenvalue weighted by molar-refractivity contribution is -0.119. The lowest BCUT2D eigenvalue weighted by Crippen LogP contribution is -2.56. The Balaban J connectivity index is 1.62. The summed E-state index contributed by atoms with van der Waals surface area (Å²) in [6.45, 7) is 17.5. The molecule has 2 aromatic carbocycles. The van der Waals surface area contributed by atoms with Crippen molar-refractivity contribution in [3.63, 3.8) is 0 Å². The molecule has 0 bridgehead atoms. The second kappa shape index (κ2) is 6.85. The zero-order valence-corrected chi connectivity index (χ0v) is 21.0. The molecule has 172 valence electrons. The molecule has 2 atom stereocenters. The van der Waals surface area contributed by atoms with Gasteiger partial charge in [0.05, 0.1) is 0 Å². The van der Waals surface area contributed by atoms with Crippen molar-refractivity contribution >= 4 is 17.9 Å². The molecule has 0 spiro atoms. The maximum Gasteiger partial charge on any atom is 0.192 e. The first-order valence-corrected chi connectivity index (χ1v) is 11.9. The van der Waals surface area contributed by atoms with E-state index in [9.17, 15) is 4.79 Å². The molecule has 3 heteroatoms. The molecule has 2 aliphatic heterocycles. The topological polar surface area (TPSA) is 35.5 Å². The normalized spacial score (nSPS) is 23.1. The fourth-order valence-corrected chi connectivity index (χ4v) is 5.12. The van der Waals surface area contributed by atoms with E-state index < -0.39 is 5.41 Å². The molecule has 2 aromatic rings. The number of carbonyl (C=O) groups excluding carboxylic acids is 1. The molecule has 0 radical (unpaired) electrons. The summed E-state index contributed by atoms with van der Waals surface area (Å²) in [6.07, 6.45) is 3.38. The van der Waals surface area contributed by atoms with E-state index in [2.05, 4.69) is 79.7 Å². The van der Waals surface area contributed by atoms with Crippen molar-refractivity contribution in [1.29, 1.82) is 0 Å². The summed E-state index contributed by atoms with van der Waals surface area (Å²) in [5, 5.41) is 0. The molecule has 2 heterocycles. The summed E-state index contributed by atoms with van der Waals surface area (Å²) in [4.78, 5) is 13.8. The fourth-order valence-electron chi connectivity index (χ4n) is 5.12. The maximum atomic E-state index is 13.8. The van der Waals surface area contributed by atoms with Gasteiger partial charge in [0.15, 0.2) is 5.78 Å². The SMILES string of the molecule is CC(C)(C)c1ccc2c(c1)C=C1C(=O)C3=Cc4cc(C(C)(C)C)ccc4O[C@@H]3C(C)(C)[C@@H]1O2. The zero-order chi connectivity index (χ0) is 23.9. The Labute approximate surface area is 197 Å². The van der Waals surface area contributed by atoms with Gasteiger partial charge >= 0.3 is 0 Å². The minimum atomic E-state index is -0.410. The standard InChI is InChI=1S/C30H34O3/c1-28(2,3)19-9-11-23-17(13-19)15-21-25(31)22-16-18-14-20(29(4,5)6)10-12-24(18)33-27(22)30(7,8)26(21)32-23/h9-16,26-27H,1-8H3/t26-,27+. The highest BCUT2D eigenvalue weighted by Crippen LogP contribution is 2.50. The highest BCUT2D eigenvalue weighted by atomic mass is 16.5. The number of ether oxygens (including phenoxy) is 2. The molecule has 1 fully saturated rings. The Kier molecular flexibility index (Phi) is 4.57. The smallest absolute Gasteiger partial charge is 0.192 e. The van der Waals surface area contributed by atoms with Crippen LogP contribution in [0.5, 0.6) is 11.5 Å². The Bertz CT molecular complexity index is 1130. The van der Waals surface area contributed by atoms with Crippen LogP contribution in [-0.4, -0.2) is 18.0 Å². The van der Waals surface area contributed by atoms with Crippen molar-refractivity contribution in [1.82, 2.24) is 0 Å². The van der Waals surface area contributed by atoms with Gasteiger partial charge in [0.25, 0.3) is 0 Å². The fraction of sp³-hybridized carbons (Fsp3) is 0.433. The van der Waals surface area contributed by atoms with E-state index in [-0.39, 0.29) is 28.8 Å². The third kappa shape index (κ3) is 3.44. The lowest BCUT2D eigenvalue weighted by Gasteiger charge is -2.48. The molecular weight excluding hydrogens is 408 g/mol. The molecule has 3 aliphatic rings. The van der Waals surface area contributed by atoms with E-state index in [0.29, 0.717) is 0 Å². The number of Topliss-reactive ketones (excluding diaryl/α,β-unsaturated/α-hetero) is 1. The summed E-state index contributed by atoms with van der Waals surface area (Å²) >= 11 is 0. The number of hydrogen-bond acceptors (Lipinski definition) is 3. The second-order valence-electron chi connectivity index (χ2n) is 12.4. The van der Waals surface area contributed by atoms with Crippen molar-refractivity contribution in [2.75, 3.05) is 0 Å². The first kappa shape index (κ1) is 22.0. The van der Waals surface area contributed by atoms with Crippen LogP contribution in [0.15, 0.2) is 47.5 Å². The molecule has 5 rings (SSSR count). The molecule has 0 saturated heterocycles. The van der Waals surface area contributed by atoms with Crippen LogP contribution in [0.4, 0.5) is 0 Å². The van der Waals surface area contributed by atoms with Gasteiger partial charge in [-0.15, -0.1) is 0 Å². The van der Waals surface area contributed by atoms with Gasteiger partial charge in [0.1, 0.15) is 23.7 Å². The van der Waals surface area contributed by atoms with Crippen LogP contribution in [0.25, 0.3) is 12.2 Å². The molecule has 0 aromatic heterocycles. The van der Waals surface area contributed by atoms with Crippen LogP contribution in [0, 0.1) is 5.41 Å². The van der Waals surface area contributed by atoms with Crippen molar-refractivity contribution in [2.45, 2.75) is 78.4 Å². The van der Waals surface area contributed by atoms with E-state index in [1.807, 2.05) is 24.3 Å². The monoisotopic (exact) mass is 442 g/mol. The van der Waals surface area contributed by atoms with Crippen LogP contribution in [-0.2, 0) is 15.6 Å². The van der Waals surface area contributed by atoms with Crippen molar-refractivity contribution in [3.05, 3.63) is 69.8 Å². The van der Waals surface area contributed by atoms with Gasteiger partial charge in [0, 0.05) is 27.7 Å². The largest absolute Gasteiger partial charge is 0.484 e. The minimum Gasteiger partial charge on any atom is -0.484 e. The Morgan fingerprint density at radius 2 is 1.09 bits per heavy atom. The number of benzene rings is 2. The van der Waals surface area contributed by atoms with E-state index >= 15 is 0 Å². The van der Waals surface area contributed by atoms with E-state index in [4.69, 9.17) is 9.47 Å². The van der Waals surface area contributed by atoms with Gasteiger partial charge in [-0.3, -0.25) is 4.79 Å². The van der Waals surface area contributed by atoms with Crippen LogP contribution in [0.3, 0.4) is 0 Å². The molecule has 33 heavy (non-hydrogen) atoms. The second-order valence-corrected chi connectivity index (χ2v) is 12.4. The zero-order valence-electron chi connectivity index (χ0n) is 21.0. The lowest BCUT2D eigenvalue weighted by atomic mass is 9.65. The minimum absolute atomic E-state index is 0.0273. The quantitative estimate of drug-likeness (QED) is 0.446. The van der Waals surface area contributed by atoms with E-state index in [1.54, 1.807) is 0 Å². The van der Waals surface area contributed by atoms with E-state index in [0.717, 1.165) is 33.8 Å². The summed E-state index contributed by atoms with van der Waals surface area (Å²) in [5.74, 6) is 1.69. The summed E-state index contributed by atoms with van der Waals surface area (Å²) in [6, 6.07) is 12.6. The predicted octanol–water partition coefficient (Wildman–Crippen LogP) is 6.88. The molecular formula is C30H34O3. The molecule has 1 aliphatic carbocycles. The number of carbonyl (C=O) groups is 1. The maximum absolute atomic E-state index is 13.8. The number of fused-ring (bicyclic) bond motifs is 4. The number of ketones is 1.